The van der Waals surface area contributed by atoms with Gasteiger partial charge in [-0.2, -0.15) is 0 Å². The molecule has 0 radical (unpaired) electrons. The predicted molar refractivity (Wildman–Crippen MR) is 68.7 cm³/mol. The molecule has 0 aliphatic heterocycles. The van der Waals surface area contributed by atoms with Crippen LogP contribution in [-0.4, -0.2) is 17.4 Å². The molecule has 2 rings (SSSR count). The Morgan fingerprint density at radius 1 is 1.44 bits per heavy atom. The van der Waals surface area contributed by atoms with Crippen molar-refractivity contribution in [1.29, 1.82) is 0 Å². The number of carbonyl (C=O) groups excluding carboxylic acids is 1. The lowest BCUT2D eigenvalue weighted by molar-refractivity contribution is 0.0959. The van der Waals surface area contributed by atoms with Crippen LogP contribution in [0.1, 0.15) is 10.4 Å². The molecule has 0 saturated heterocycles. The summed E-state index contributed by atoms with van der Waals surface area (Å²) < 4.78 is 0.752. The van der Waals surface area contributed by atoms with Gasteiger partial charge in [-0.3, -0.25) is 4.79 Å². The average molecular weight is 279 g/mol. The van der Waals surface area contributed by atoms with Crippen LogP contribution in [0.25, 0.3) is 10.9 Å². The maximum atomic E-state index is 11.9. The number of amides is 1. The SMILES string of the molecule is C=C(Br)CNC(=O)c1cccc2[nH]ccc12. The molecule has 16 heavy (non-hydrogen) atoms. The zero-order valence-electron chi connectivity index (χ0n) is 8.59. The first-order valence-electron chi connectivity index (χ1n) is 4.86. The smallest absolute Gasteiger partial charge is 0.252 e. The summed E-state index contributed by atoms with van der Waals surface area (Å²) in [7, 11) is 0. The van der Waals surface area contributed by atoms with E-state index < -0.39 is 0 Å². The van der Waals surface area contributed by atoms with Crippen molar-refractivity contribution < 1.29 is 4.79 Å². The molecule has 0 spiro atoms. The van der Waals surface area contributed by atoms with Crippen molar-refractivity contribution in [2.24, 2.45) is 0 Å². The average Bonchev–Trinajstić information content (AvgIpc) is 2.73. The highest BCUT2D eigenvalue weighted by Crippen LogP contribution is 2.17. The molecular weight excluding hydrogens is 268 g/mol. The van der Waals surface area contributed by atoms with Crippen molar-refractivity contribution in [1.82, 2.24) is 10.3 Å². The summed E-state index contributed by atoms with van der Waals surface area (Å²) in [4.78, 5) is 14.9. The molecular formula is C12H11BrN2O. The number of carbonyl (C=O) groups is 1. The maximum absolute atomic E-state index is 11.9. The summed E-state index contributed by atoms with van der Waals surface area (Å²) >= 11 is 3.20. The third-order valence-corrected chi connectivity index (χ3v) is 2.56. The van der Waals surface area contributed by atoms with Crippen LogP contribution in [-0.2, 0) is 0 Å². The molecule has 0 unspecified atom stereocenters. The number of aromatic nitrogens is 1. The summed E-state index contributed by atoms with van der Waals surface area (Å²) in [5, 5.41) is 3.71. The fourth-order valence-corrected chi connectivity index (χ4v) is 1.70. The highest BCUT2D eigenvalue weighted by Gasteiger charge is 2.09. The highest BCUT2D eigenvalue weighted by atomic mass is 79.9. The van der Waals surface area contributed by atoms with Gasteiger partial charge in [-0.05, 0) is 18.2 Å². The Hall–Kier alpha value is -1.55. The first-order chi connectivity index (χ1) is 7.68. The Kier molecular flexibility index (Phi) is 3.10. The van der Waals surface area contributed by atoms with Crippen LogP contribution < -0.4 is 5.32 Å². The molecule has 0 aliphatic rings. The van der Waals surface area contributed by atoms with Crippen LogP contribution in [0.15, 0.2) is 41.5 Å². The second kappa shape index (κ2) is 4.53. The minimum Gasteiger partial charge on any atom is -0.361 e. The Labute approximate surface area is 102 Å². The van der Waals surface area contributed by atoms with E-state index in [0.29, 0.717) is 12.1 Å². The number of rotatable bonds is 3. The second-order valence-electron chi connectivity index (χ2n) is 3.44. The van der Waals surface area contributed by atoms with Crippen molar-refractivity contribution in [2.75, 3.05) is 6.54 Å². The quantitative estimate of drug-likeness (QED) is 0.891. The molecule has 1 heterocycles. The molecule has 1 aromatic carbocycles. The maximum Gasteiger partial charge on any atom is 0.252 e. The zero-order valence-corrected chi connectivity index (χ0v) is 10.2. The fraction of sp³-hybridized carbons (Fsp3) is 0.0833. The lowest BCUT2D eigenvalue weighted by atomic mass is 10.1. The predicted octanol–water partition coefficient (Wildman–Crippen LogP) is 2.81. The normalized spacial score (nSPS) is 10.3. The summed E-state index contributed by atoms with van der Waals surface area (Å²) in [5.74, 6) is -0.0919. The van der Waals surface area contributed by atoms with Gasteiger partial charge in [0.1, 0.15) is 0 Å². The number of hydrogen-bond acceptors (Lipinski definition) is 1. The van der Waals surface area contributed by atoms with E-state index in [9.17, 15) is 4.79 Å². The van der Waals surface area contributed by atoms with Gasteiger partial charge in [0, 0.05) is 33.7 Å². The standard InChI is InChI=1S/C12H11BrN2O/c1-8(13)7-15-12(16)10-3-2-4-11-9(10)5-6-14-11/h2-6,14H,1,7H2,(H,15,16). The molecule has 4 heteroatoms. The third kappa shape index (κ3) is 2.17. The lowest BCUT2D eigenvalue weighted by Gasteiger charge is -2.05. The number of H-pyrrole nitrogens is 1. The molecule has 0 fully saturated rings. The Balaban J connectivity index is 2.29. The Bertz CT molecular complexity index is 545. The Morgan fingerprint density at radius 3 is 3.00 bits per heavy atom. The van der Waals surface area contributed by atoms with Gasteiger partial charge >= 0.3 is 0 Å². The van der Waals surface area contributed by atoms with Crippen LogP contribution in [0.2, 0.25) is 0 Å². The van der Waals surface area contributed by atoms with E-state index in [-0.39, 0.29) is 5.91 Å². The summed E-state index contributed by atoms with van der Waals surface area (Å²) in [5.41, 5.74) is 1.64. The van der Waals surface area contributed by atoms with Gasteiger partial charge in [-0.25, -0.2) is 0 Å². The number of benzene rings is 1. The molecule has 82 valence electrons. The molecule has 0 atom stereocenters. The van der Waals surface area contributed by atoms with Gasteiger partial charge in [0.2, 0.25) is 0 Å². The van der Waals surface area contributed by atoms with E-state index in [1.807, 2.05) is 30.5 Å². The van der Waals surface area contributed by atoms with Crippen LogP contribution in [0, 0.1) is 0 Å². The second-order valence-corrected chi connectivity index (χ2v) is 4.57. The van der Waals surface area contributed by atoms with E-state index in [1.165, 1.54) is 0 Å². The number of hydrogen-bond donors (Lipinski definition) is 2. The Morgan fingerprint density at radius 2 is 2.25 bits per heavy atom. The van der Waals surface area contributed by atoms with Crippen molar-refractivity contribution >= 4 is 32.7 Å². The van der Waals surface area contributed by atoms with Crippen molar-refractivity contribution in [3.8, 4) is 0 Å². The highest BCUT2D eigenvalue weighted by molar-refractivity contribution is 9.11. The van der Waals surface area contributed by atoms with Gasteiger partial charge < -0.3 is 10.3 Å². The van der Waals surface area contributed by atoms with E-state index in [2.05, 4.69) is 32.8 Å². The topological polar surface area (TPSA) is 44.9 Å². The van der Waals surface area contributed by atoms with Gasteiger partial charge in [0.15, 0.2) is 0 Å². The molecule has 0 aliphatic carbocycles. The van der Waals surface area contributed by atoms with Crippen LogP contribution in [0.3, 0.4) is 0 Å². The number of aromatic amines is 1. The van der Waals surface area contributed by atoms with E-state index in [4.69, 9.17) is 0 Å². The lowest BCUT2D eigenvalue weighted by Crippen LogP contribution is -2.24. The van der Waals surface area contributed by atoms with Gasteiger partial charge in [-0.15, -0.1) is 0 Å². The van der Waals surface area contributed by atoms with Crippen molar-refractivity contribution in [3.63, 3.8) is 0 Å². The summed E-state index contributed by atoms with van der Waals surface area (Å²) in [6.07, 6.45) is 1.82. The first-order valence-corrected chi connectivity index (χ1v) is 5.65. The van der Waals surface area contributed by atoms with Crippen LogP contribution in [0.4, 0.5) is 0 Å². The molecule has 1 aromatic heterocycles. The molecule has 0 bridgehead atoms. The number of fused-ring (bicyclic) bond motifs is 1. The molecule has 2 aromatic rings. The largest absolute Gasteiger partial charge is 0.361 e. The molecule has 0 saturated carbocycles. The zero-order chi connectivity index (χ0) is 11.5. The summed E-state index contributed by atoms with van der Waals surface area (Å²) in [6.45, 7) is 4.10. The van der Waals surface area contributed by atoms with Gasteiger partial charge in [0.05, 0.1) is 0 Å². The number of halogens is 1. The van der Waals surface area contributed by atoms with Crippen molar-refractivity contribution in [2.45, 2.75) is 0 Å². The third-order valence-electron chi connectivity index (χ3n) is 2.28. The van der Waals surface area contributed by atoms with E-state index >= 15 is 0 Å². The molecule has 1 amide bonds. The van der Waals surface area contributed by atoms with E-state index in [0.717, 1.165) is 15.4 Å². The van der Waals surface area contributed by atoms with Gasteiger partial charge in [-0.1, -0.05) is 28.6 Å². The molecule has 3 nitrogen and oxygen atoms in total. The van der Waals surface area contributed by atoms with E-state index in [1.54, 1.807) is 0 Å². The summed E-state index contributed by atoms with van der Waals surface area (Å²) in [6, 6.07) is 7.50. The van der Waals surface area contributed by atoms with Crippen LogP contribution >= 0.6 is 15.9 Å². The minimum atomic E-state index is -0.0919. The molecule has 2 N–H and O–H groups in total. The monoisotopic (exact) mass is 278 g/mol. The van der Waals surface area contributed by atoms with Crippen LogP contribution in [0.5, 0.6) is 0 Å². The van der Waals surface area contributed by atoms with Crippen molar-refractivity contribution in [3.05, 3.63) is 47.1 Å². The van der Waals surface area contributed by atoms with Gasteiger partial charge in [0.25, 0.3) is 5.91 Å². The first kappa shape index (κ1) is 11.0. The minimum absolute atomic E-state index is 0.0919. The fourth-order valence-electron chi connectivity index (χ4n) is 1.55. The number of nitrogens with one attached hydrogen (secondary N) is 2.